The fourth-order valence-corrected chi connectivity index (χ4v) is 6.61. The van der Waals surface area contributed by atoms with Crippen molar-refractivity contribution < 1.29 is 37.9 Å². The van der Waals surface area contributed by atoms with Crippen LogP contribution in [0.4, 0.5) is 0 Å². The molecule has 8 heteroatoms. The molecule has 4 saturated heterocycles. The average Bonchev–Trinajstić information content (AvgIpc) is 3.05. The van der Waals surface area contributed by atoms with Crippen molar-refractivity contribution in [2.24, 2.45) is 0 Å². The Balaban J connectivity index is 1.29. The number of rotatable bonds is 12. The highest BCUT2D eigenvalue weighted by Crippen LogP contribution is 2.52. The summed E-state index contributed by atoms with van der Waals surface area (Å²) in [6.07, 6.45) is 6.19. The van der Waals surface area contributed by atoms with Crippen LogP contribution in [0.2, 0.25) is 0 Å². The van der Waals surface area contributed by atoms with Crippen molar-refractivity contribution in [3.8, 4) is 0 Å². The highest BCUT2D eigenvalue weighted by atomic mass is 16.8. The zero-order chi connectivity index (χ0) is 29.4. The van der Waals surface area contributed by atoms with E-state index < -0.39 is 42.3 Å². The van der Waals surface area contributed by atoms with Crippen LogP contribution in [0.3, 0.4) is 0 Å². The number of hydrogen-bond acceptors (Lipinski definition) is 8. The van der Waals surface area contributed by atoms with Crippen molar-refractivity contribution in [2.45, 2.75) is 107 Å². The number of ether oxygens (including phenoxy) is 8. The fourth-order valence-electron chi connectivity index (χ4n) is 6.61. The summed E-state index contributed by atoms with van der Waals surface area (Å²) in [6.45, 7) is 6.72. The van der Waals surface area contributed by atoms with Crippen LogP contribution in [0.15, 0.2) is 73.3 Å². The summed E-state index contributed by atoms with van der Waals surface area (Å²) in [7, 11) is 0. The van der Waals surface area contributed by atoms with Gasteiger partial charge in [-0.15, -0.1) is 6.58 Å². The molecule has 4 aliphatic rings. The van der Waals surface area contributed by atoms with E-state index in [-0.39, 0.29) is 0 Å². The predicted molar refractivity (Wildman–Crippen MR) is 160 cm³/mol. The van der Waals surface area contributed by atoms with Crippen LogP contribution in [-0.4, -0.2) is 68.7 Å². The zero-order valence-corrected chi connectivity index (χ0v) is 25.1. The SMILES string of the molecule is C=CCCCO[C@@H]1O[C@H](COCc2ccccc2)[C@@H](OCc2ccccc2)[C@@H]2OC3(CCCCO3)C3(CCCCO3)O[C@@H]12. The third-order valence-corrected chi connectivity index (χ3v) is 8.81. The Morgan fingerprint density at radius 3 is 2.00 bits per heavy atom. The molecule has 4 heterocycles. The number of unbranched alkanes of at least 4 members (excludes halogenated alkanes) is 1. The zero-order valence-electron chi connectivity index (χ0n) is 25.1. The van der Waals surface area contributed by atoms with E-state index in [0.717, 1.165) is 49.7 Å². The van der Waals surface area contributed by atoms with Crippen molar-refractivity contribution in [1.29, 1.82) is 0 Å². The Kier molecular flexibility index (Phi) is 10.6. The molecule has 0 saturated carbocycles. The van der Waals surface area contributed by atoms with Crippen LogP contribution < -0.4 is 0 Å². The molecule has 4 fully saturated rings. The molecule has 2 spiro atoms. The lowest BCUT2D eigenvalue weighted by Gasteiger charge is -2.61. The van der Waals surface area contributed by atoms with Crippen molar-refractivity contribution in [3.63, 3.8) is 0 Å². The monoisotopic (exact) mass is 594 g/mol. The molecule has 234 valence electrons. The highest BCUT2D eigenvalue weighted by Gasteiger charge is 2.67. The molecule has 43 heavy (non-hydrogen) atoms. The van der Waals surface area contributed by atoms with E-state index in [1.807, 2.05) is 42.5 Å². The average molecular weight is 595 g/mol. The molecule has 2 aromatic rings. The van der Waals surface area contributed by atoms with Gasteiger partial charge in [0.05, 0.1) is 39.6 Å². The van der Waals surface area contributed by atoms with Gasteiger partial charge in [-0.2, -0.15) is 0 Å². The molecule has 7 atom stereocenters. The van der Waals surface area contributed by atoms with E-state index in [0.29, 0.717) is 52.5 Å². The van der Waals surface area contributed by atoms with Gasteiger partial charge in [0.25, 0.3) is 0 Å². The van der Waals surface area contributed by atoms with E-state index in [1.54, 1.807) is 0 Å². The lowest BCUT2D eigenvalue weighted by molar-refractivity contribution is -0.510. The van der Waals surface area contributed by atoms with E-state index in [1.165, 1.54) is 0 Å². The van der Waals surface area contributed by atoms with Gasteiger partial charge < -0.3 is 37.9 Å². The van der Waals surface area contributed by atoms with Gasteiger partial charge in [0.15, 0.2) is 6.29 Å². The summed E-state index contributed by atoms with van der Waals surface area (Å²) in [5, 5.41) is 0. The van der Waals surface area contributed by atoms with Gasteiger partial charge in [-0.25, -0.2) is 0 Å². The van der Waals surface area contributed by atoms with Crippen LogP contribution in [-0.2, 0) is 51.1 Å². The number of allylic oxidation sites excluding steroid dienone is 1. The molecule has 0 N–H and O–H groups in total. The fraction of sp³-hybridized carbons (Fsp3) is 0.600. The molecular formula is C35H46O8. The normalized spacial score (nSPS) is 34.2. The Hall–Kier alpha value is -2.14. The summed E-state index contributed by atoms with van der Waals surface area (Å²) >= 11 is 0. The number of hydrogen-bond donors (Lipinski definition) is 0. The van der Waals surface area contributed by atoms with E-state index in [4.69, 9.17) is 37.9 Å². The largest absolute Gasteiger partial charge is 0.374 e. The smallest absolute Gasteiger partial charge is 0.224 e. The first kappa shape index (κ1) is 30.9. The maximum Gasteiger partial charge on any atom is 0.224 e. The Labute approximate surface area is 255 Å². The third kappa shape index (κ3) is 7.08. The van der Waals surface area contributed by atoms with Gasteiger partial charge >= 0.3 is 0 Å². The van der Waals surface area contributed by atoms with Crippen molar-refractivity contribution in [1.82, 2.24) is 0 Å². The first-order valence-corrected chi connectivity index (χ1v) is 16.0. The summed E-state index contributed by atoms with van der Waals surface area (Å²) in [6, 6.07) is 20.3. The van der Waals surface area contributed by atoms with Crippen LogP contribution >= 0.6 is 0 Å². The lowest BCUT2D eigenvalue weighted by Crippen LogP contribution is -2.76. The second kappa shape index (κ2) is 14.8. The van der Waals surface area contributed by atoms with Crippen molar-refractivity contribution in [3.05, 3.63) is 84.4 Å². The second-order valence-corrected chi connectivity index (χ2v) is 11.9. The molecule has 0 aromatic heterocycles. The van der Waals surface area contributed by atoms with Gasteiger partial charge in [-0.3, -0.25) is 0 Å². The molecule has 6 rings (SSSR count). The Bertz CT molecular complexity index is 1120. The van der Waals surface area contributed by atoms with Gasteiger partial charge in [-0.05, 0) is 49.7 Å². The molecule has 2 unspecified atom stereocenters. The topological polar surface area (TPSA) is 73.8 Å². The molecule has 8 nitrogen and oxygen atoms in total. The van der Waals surface area contributed by atoms with Crippen LogP contribution in [0.25, 0.3) is 0 Å². The highest BCUT2D eigenvalue weighted by molar-refractivity contribution is 5.15. The maximum atomic E-state index is 7.14. The van der Waals surface area contributed by atoms with Crippen molar-refractivity contribution in [2.75, 3.05) is 26.4 Å². The van der Waals surface area contributed by atoms with E-state index in [2.05, 4.69) is 30.8 Å². The van der Waals surface area contributed by atoms with Crippen LogP contribution in [0.5, 0.6) is 0 Å². The molecule has 0 bridgehead atoms. The van der Waals surface area contributed by atoms with Crippen LogP contribution in [0.1, 0.15) is 62.5 Å². The first-order valence-electron chi connectivity index (χ1n) is 16.0. The molecule has 0 radical (unpaired) electrons. The second-order valence-electron chi connectivity index (χ2n) is 11.9. The summed E-state index contributed by atoms with van der Waals surface area (Å²) in [5.74, 6) is -2.03. The summed E-state index contributed by atoms with van der Waals surface area (Å²) in [4.78, 5) is 0. The molecule has 2 aromatic carbocycles. The minimum Gasteiger partial charge on any atom is -0.374 e. The quantitative estimate of drug-likeness (QED) is 0.217. The predicted octanol–water partition coefficient (Wildman–Crippen LogP) is 6.07. The van der Waals surface area contributed by atoms with Gasteiger partial charge in [-0.1, -0.05) is 66.7 Å². The standard InChI is InChI=1S/C35H46O8/c1-2-3-12-21-37-33-32-31(42-34(19-10-13-22-39-34)35(43-32)20-11-14-23-40-35)30(38-25-28-17-8-5-9-18-28)29(41-33)26-36-24-27-15-6-4-7-16-27/h2,4-9,15-18,29-33H,1,3,10-14,19-26H2/t29-,30-,31+,32-,33-,34?,35?/m1/s1. The van der Waals surface area contributed by atoms with Gasteiger partial charge in [0, 0.05) is 12.8 Å². The van der Waals surface area contributed by atoms with Crippen LogP contribution in [0, 0.1) is 0 Å². The lowest BCUT2D eigenvalue weighted by atomic mass is 9.86. The minimum atomic E-state index is -1.01. The van der Waals surface area contributed by atoms with E-state index >= 15 is 0 Å². The molecule has 0 aliphatic carbocycles. The third-order valence-electron chi connectivity index (χ3n) is 8.81. The Morgan fingerprint density at radius 1 is 0.767 bits per heavy atom. The molecule has 0 amide bonds. The number of benzene rings is 2. The van der Waals surface area contributed by atoms with Gasteiger partial charge in [0.2, 0.25) is 11.6 Å². The van der Waals surface area contributed by atoms with E-state index in [9.17, 15) is 0 Å². The maximum absolute atomic E-state index is 7.14. The molecule has 4 aliphatic heterocycles. The van der Waals surface area contributed by atoms with Gasteiger partial charge in [0.1, 0.15) is 24.4 Å². The van der Waals surface area contributed by atoms with Crippen molar-refractivity contribution >= 4 is 0 Å². The number of fused-ring (bicyclic) bond motifs is 2. The summed E-state index contributed by atoms with van der Waals surface area (Å²) in [5.41, 5.74) is 2.16. The molecular weight excluding hydrogens is 548 g/mol. The minimum absolute atomic E-state index is 0.308. The Morgan fingerprint density at radius 2 is 1.40 bits per heavy atom. The summed E-state index contributed by atoms with van der Waals surface area (Å²) < 4.78 is 53.2. The first-order chi connectivity index (χ1) is 21.2.